The number of aryl methyl sites for hydroxylation is 1. The Kier molecular flexibility index (Phi) is 3.25. The first-order valence-corrected chi connectivity index (χ1v) is 7.20. The second kappa shape index (κ2) is 4.89. The predicted octanol–water partition coefficient (Wildman–Crippen LogP) is 3.86. The van der Waals surface area contributed by atoms with Crippen LogP contribution in [0.5, 0.6) is 0 Å². The van der Waals surface area contributed by atoms with Gasteiger partial charge in [0.1, 0.15) is 0 Å². The quantitative estimate of drug-likeness (QED) is 0.789. The van der Waals surface area contributed by atoms with Gasteiger partial charge >= 0.3 is 0 Å². The number of allylic oxidation sites excluding steroid dienone is 2. The molecule has 0 heterocycles. The summed E-state index contributed by atoms with van der Waals surface area (Å²) in [6.45, 7) is 5.58. The Morgan fingerprint density at radius 2 is 1.94 bits per heavy atom. The maximum Gasteiger partial charge on any atom is 0.0291 e. The molecule has 2 bridgehead atoms. The second-order valence-electron chi connectivity index (χ2n) is 6.08. The standard InChI is InChI=1S/C17H23N/c1-12-3-6-15(7-4-12)13(2)18-11-17-10-14-5-8-16(17)9-14/h3-8,13-14,16-18H,9-11H2,1-2H3. The fourth-order valence-electron chi connectivity index (χ4n) is 3.43. The third-order valence-electron chi connectivity index (χ3n) is 4.68. The van der Waals surface area contributed by atoms with Gasteiger partial charge in [0.25, 0.3) is 0 Å². The predicted molar refractivity (Wildman–Crippen MR) is 76.4 cm³/mol. The van der Waals surface area contributed by atoms with Crippen molar-refractivity contribution in [2.45, 2.75) is 32.7 Å². The molecule has 0 aliphatic heterocycles. The van der Waals surface area contributed by atoms with Gasteiger partial charge in [-0.1, -0.05) is 42.0 Å². The van der Waals surface area contributed by atoms with Gasteiger partial charge in [-0.05, 0) is 56.6 Å². The molecule has 1 aromatic carbocycles. The van der Waals surface area contributed by atoms with E-state index in [1.165, 1.54) is 30.5 Å². The van der Waals surface area contributed by atoms with Crippen LogP contribution in [-0.2, 0) is 0 Å². The molecule has 2 aliphatic rings. The van der Waals surface area contributed by atoms with E-state index in [0.29, 0.717) is 6.04 Å². The first kappa shape index (κ1) is 12.0. The van der Waals surface area contributed by atoms with Gasteiger partial charge in [0, 0.05) is 6.04 Å². The van der Waals surface area contributed by atoms with Crippen molar-refractivity contribution in [3.63, 3.8) is 0 Å². The zero-order valence-corrected chi connectivity index (χ0v) is 11.4. The number of benzene rings is 1. The summed E-state index contributed by atoms with van der Waals surface area (Å²) in [6.07, 6.45) is 7.67. The van der Waals surface area contributed by atoms with E-state index in [1.54, 1.807) is 0 Å². The van der Waals surface area contributed by atoms with Gasteiger partial charge in [0.2, 0.25) is 0 Å². The molecular weight excluding hydrogens is 218 g/mol. The lowest BCUT2D eigenvalue weighted by molar-refractivity contribution is 0.393. The highest BCUT2D eigenvalue weighted by atomic mass is 14.9. The van der Waals surface area contributed by atoms with Gasteiger partial charge in [-0.15, -0.1) is 0 Å². The van der Waals surface area contributed by atoms with E-state index >= 15 is 0 Å². The molecule has 0 amide bonds. The molecule has 3 rings (SSSR count). The van der Waals surface area contributed by atoms with E-state index in [9.17, 15) is 0 Å². The molecule has 0 radical (unpaired) electrons. The van der Waals surface area contributed by atoms with Gasteiger partial charge in [-0.3, -0.25) is 0 Å². The number of rotatable bonds is 4. The largest absolute Gasteiger partial charge is 0.310 e. The summed E-state index contributed by atoms with van der Waals surface area (Å²) in [4.78, 5) is 0. The highest BCUT2D eigenvalue weighted by molar-refractivity contribution is 5.23. The Hall–Kier alpha value is -1.08. The normalized spacial score (nSPS) is 30.9. The molecule has 96 valence electrons. The summed E-state index contributed by atoms with van der Waals surface area (Å²) < 4.78 is 0. The minimum Gasteiger partial charge on any atom is -0.310 e. The minimum atomic E-state index is 0.466. The van der Waals surface area contributed by atoms with Crippen LogP contribution in [0.4, 0.5) is 0 Å². The van der Waals surface area contributed by atoms with Crippen LogP contribution in [0, 0.1) is 24.7 Å². The lowest BCUT2D eigenvalue weighted by atomic mass is 9.93. The SMILES string of the molecule is Cc1ccc(C(C)NCC2CC3C=CC2C3)cc1. The summed E-state index contributed by atoms with van der Waals surface area (Å²) in [5.74, 6) is 2.61. The molecule has 1 nitrogen and oxygen atoms in total. The van der Waals surface area contributed by atoms with E-state index in [4.69, 9.17) is 0 Å². The minimum absolute atomic E-state index is 0.466. The molecule has 1 fully saturated rings. The van der Waals surface area contributed by atoms with Crippen molar-refractivity contribution in [2.75, 3.05) is 6.54 Å². The van der Waals surface area contributed by atoms with Crippen LogP contribution in [0.25, 0.3) is 0 Å². The van der Waals surface area contributed by atoms with E-state index < -0.39 is 0 Å². The molecule has 1 heteroatoms. The Labute approximate surface area is 110 Å². The van der Waals surface area contributed by atoms with Gasteiger partial charge < -0.3 is 5.32 Å². The molecule has 0 spiro atoms. The molecule has 18 heavy (non-hydrogen) atoms. The van der Waals surface area contributed by atoms with Crippen LogP contribution in [0.1, 0.15) is 36.9 Å². The summed E-state index contributed by atoms with van der Waals surface area (Å²) in [5.41, 5.74) is 2.74. The topological polar surface area (TPSA) is 12.0 Å². The van der Waals surface area contributed by atoms with Crippen LogP contribution in [0.3, 0.4) is 0 Å². The molecule has 1 N–H and O–H groups in total. The number of hydrogen-bond acceptors (Lipinski definition) is 1. The van der Waals surface area contributed by atoms with Gasteiger partial charge in [-0.2, -0.15) is 0 Å². The van der Waals surface area contributed by atoms with Crippen molar-refractivity contribution in [3.8, 4) is 0 Å². The van der Waals surface area contributed by atoms with E-state index in [0.717, 1.165) is 17.8 Å². The molecular formula is C17H23N. The third kappa shape index (κ3) is 2.37. The monoisotopic (exact) mass is 241 g/mol. The average molecular weight is 241 g/mol. The Balaban J connectivity index is 1.54. The second-order valence-corrected chi connectivity index (χ2v) is 6.08. The van der Waals surface area contributed by atoms with Crippen LogP contribution in [0.2, 0.25) is 0 Å². The number of nitrogens with one attached hydrogen (secondary N) is 1. The first-order chi connectivity index (χ1) is 8.72. The number of fused-ring (bicyclic) bond motifs is 2. The Morgan fingerprint density at radius 3 is 2.56 bits per heavy atom. The molecule has 4 unspecified atom stereocenters. The van der Waals surface area contributed by atoms with Crippen LogP contribution >= 0.6 is 0 Å². The average Bonchev–Trinajstić information content (AvgIpc) is 2.99. The lowest BCUT2D eigenvalue weighted by Crippen LogP contribution is -2.27. The van der Waals surface area contributed by atoms with E-state index in [2.05, 4.69) is 55.6 Å². The summed E-state index contributed by atoms with van der Waals surface area (Å²) in [7, 11) is 0. The summed E-state index contributed by atoms with van der Waals surface area (Å²) in [6, 6.07) is 9.36. The smallest absolute Gasteiger partial charge is 0.0291 e. The third-order valence-corrected chi connectivity index (χ3v) is 4.68. The highest BCUT2D eigenvalue weighted by Crippen LogP contribution is 2.43. The molecule has 4 atom stereocenters. The Morgan fingerprint density at radius 1 is 1.17 bits per heavy atom. The maximum absolute atomic E-state index is 3.71. The zero-order valence-electron chi connectivity index (χ0n) is 11.4. The zero-order chi connectivity index (χ0) is 12.5. The van der Waals surface area contributed by atoms with Crippen molar-refractivity contribution in [1.82, 2.24) is 5.32 Å². The van der Waals surface area contributed by atoms with Crippen molar-refractivity contribution in [3.05, 3.63) is 47.5 Å². The molecule has 1 saturated carbocycles. The molecule has 0 aromatic heterocycles. The number of hydrogen-bond donors (Lipinski definition) is 1. The van der Waals surface area contributed by atoms with Crippen molar-refractivity contribution < 1.29 is 0 Å². The molecule has 0 saturated heterocycles. The lowest BCUT2D eigenvalue weighted by Gasteiger charge is -2.22. The summed E-state index contributed by atoms with van der Waals surface area (Å²) >= 11 is 0. The van der Waals surface area contributed by atoms with Crippen LogP contribution < -0.4 is 5.32 Å². The van der Waals surface area contributed by atoms with Gasteiger partial charge in [0.15, 0.2) is 0 Å². The Bertz CT molecular complexity index is 431. The fraction of sp³-hybridized carbons (Fsp3) is 0.529. The summed E-state index contributed by atoms with van der Waals surface area (Å²) in [5, 5.41) is 3.71. The van der Waals surface area contributed by atoms with Crippen LogP contribution in [-0.4, -0.2) is 6.54 Å². The first-order valence-electron chi connectivity index (χ1n) is 7.20. The van der Waals surface area contributed by atoms with E-state index in [1.807, 2.05) is 0 Å². The van der Waals surface area contributed by atoms with Crippen molar-refractivity contribution in [1.29, 1.82) is 0 Å². The molecule has 2 aliphatic carbocycles. The van der Waals surface area contributed by atoms with Gasteiger partial charge in [-0.25, -0.2) is 0 Å². The highest BCUT2D eigenvalue weighted by Gasteiger charge is 2.35. The molecule has 1 aromatic rings. The van der Waals surface area contributed by atoms with E-state index in [-0.39, 0.29) is 0 Å². The van der Waals surface area contributed by atoms with Crippen LogP contribution in [0.15, 0.2) is 36.4 Å². The fourth-order valence-corrected chi connectivity index (χ4v) is 3.43. The maximum atomic E-state index is 3.71. The van der Waals surface area contributed by atoms with Crippen molar-refractivity contribution in [2.24, 2.45) is 17.8 Å². The van der Waals surface area contributed by atoms with Gasteiger partial charge in [0.05, 0.1) is 0 Å². The van der Waals surface area contributed by atoms with Crippen molar-refractivity contribution >= 4 is 0 Å².